The third-order valence-electron chi connectivity index (χ3n) is 2.92. The standard InChI is InChI=1S/C12H12FNO4/c1-18-10-3-2-7(13)4-8(10)9-5-11(15)14(9)6-12(16)17/h2-4,9H,5-6H2,1H3,(H,16,17). The number of likely N-dealkylation sites (tertiary alicyclic amines) is 1. The second-order valence-electron chi connectivity index (χ2n) is 4.02. The maximum Gasteiger partial charge on any atom is 0.323 e. The third kappa shape index (κ3) is 2.13. The number of benzene rings is 1. The Labute approximate surface area is 103 Å². The second kappa shape index (κ2) is 4.64. The summed E-state index contributed by atoms with van der Waals surface area (Å²) in [5.41, 5.74) is 0.498. The van der Waals surface area contributed by atoms with E-state index in [1.807, 2.05) is 0 Å². The molecule has 0 radical (unpaired) electrons. The number of hydrogen-bond donors (Lipinski definition) is 1. The molecule has 1 heterocycles. The van der Waals surface area contributed by atoms with Gasteiger partial charge in [0.1, 0.15) is 18.1 Å². The molecule has 96 valence electrons. The Bertz CT molecular complexity index is 503. The first-order valence-electron chi connectivity index (χ1n) is 5.37. The Hall–Kier alpha value is -2.11. The number of nitrogens with zero attached hydrogens (tertiary/aromatic N) is 1. The summed E-state index contributed by atoms with van der Waals surface area (Å²) in [6.07, 6.45) is 0.174. The van der Waals surface area contributed by atoms with Gasteiger partial charge in [-0.15, -0.1) is 0 Å². The van der Waals surface area contributed by atoms with Gasteiger partial charge in [-0.25, -0.2) is 4.39 Å². The fraction of sp³-hybridized carbons (Fsp3) is 0.333. The predicted octanol–water partition coefficient (Wildman–Crippen LogP) is 1.19. The number of β-lactam (4-membered cyclic amide) rings is 1. The van der Waals surface area contributed by atoms with Crippen molar-refractivity contribution in [3.05, 3.63) is 29.6 Å². The summed E-state index contributed by atoms with van der Waals surface area (Å²) < 4.78 is 18.3. The highest BCUT2D eigenvalue weighted by Crippen LogP contribution is 2.39. The summed E-state index contributed by atoms with van der Waals surface area (Å²) in [7, 11) is 1.44. The Balaban J connectivity index is 2.28. The van der Waals surface area contributed by atoms with Gasteiger partial charge in [-0.1, -0.05) is 0 Å². The summed E-state index contributed by atoms with van der Waals surface area (Å²) >= 11 is 0. The van der Waals surface area contributed by atoms with Crippen molar-refractivity contribution in [3.63, 3.8) is 0 Å². The molecule has 0 aromatic heterocycles. The van der Waals surface area contributed by atoms with E-state index in [0.29, 0.717) is 11.3 Å². The first-order chi connectivity index (χ1) is 8.52. The molecule has 1 aliphatic heterocycles. The van der Waals surface area contributed by atoms with Crippen molar-refractivity contribution in [1.29, 1.82) is 0 Å². The normalized spacial score (nSPS) is 18.4. The van der Waals surface area contributed by atoms with Gasteiger partial charge in [0.2, 0.25) is 5.91 Å². The molecule has 1 aliphatic rings. The van der Waals surface area contributed by atoms with E-state index in [1.54, 1.807) is 0 Å². The van der Waals surface area contributed by atoms with E-state index >= 15 is 0 Å². The maximum absolute atomic E-state index is 13.2. The van der Waals surface area contributed by atoms with Gasteiger partial charge < -0.3 is 14.7 Å². The van der Waals surface area contributed by atoms with Gasteiger partial charge in [-0.3, -0.25) is 9.59 Å². The molecule has 1 aromatic rings. The molecule has 1 saturated heterocycles. The fourth-order valence-electron chi connectivity index (χ4n) is 2.04. The highest BCUT2D eigenvalue weighted by Gasteiger charge is 2.39. The van der Waals surface area contributed by atoms with E-state index in [0.717, 1.165) is 0 Å². The van der Waals surface area contributed by atoms with Crippen LogP contribution in [0.25, 0.3) is 0 Å². The van der Waals surface area contributed by atoms with Crippen LogP contribution in [0.3, 0.4) is 0 Å². The van der Waals surface area contributed by atoms with Crippen LogP contribution >= 0.6 is 0 Å². The van der Waals surface area contributed by atoms with Crippen molar-refractivity contribution < 1.29 is 23.8 Å². The van der Waals surface area contributed by atoms with Crippen LogP contribution in [0.15, 0.2) is 18.2 Å². The van der Waals surface area contributed by atoms with Crippen molar-refractivity contribution in [2.75, 3.05) is 13.7 Å². The molecule has 1 aromatic carbocycles. The minimum atomic E-state index is -1.09. The number of carbonyl (C=O) groups is 2. The lowest BCUT2D eigenvalue weighted by molar-refractivity contribution is -0.155. The average Bonchev–Trinajstić information content (AvgIpc) is 2.33. The second-order valence-corrected chi connectivity index (χ2v) is 4.02. The van der Waals surface area contributed by atoms with Crippen LogP contribution in [0.5, 0.6) is 5.75 Å². The van der Waals surface area contributed by atoms with E-state index in [1.165, 1.54) is 30.2 Å². The Kier molecular flexibility index (Phi) is 3.18. The van der Waals surface area contributed by atoms with E-state index in [4.69, 9.17) is 9.84 Å². The van der Waals surface area contributed by atoms with Gasteiger partial charge in [0, 0.05) is 5.56 Å². The van der Waals surface area contributed by atoms with E-state index in [9.17, 15) is 14.0 Å². The Morgan fingerprint density at radius 3 is 2.89 bits per heavy atom. The number of carboxylic acid groups (broad SMARTS) is 1. The van der Waals surface area contributed by atoms with Gasteiger partial charge in [-0.2, -0.15) is 0 Å². The molecule has 1 amide bonds. The zero-order valence-corrected chi connectivity index (χ0v) is 9.72. The summed E-state index contributed by atoms with van der Waals surface area (Å²) in [6, 6.07) is 3.56. The lowest BCUT2D eigenvalue weighted by Crippen LogP contribution is -2.48. The number of halogens is 1. The molecule has 2 rings (SSSR count). The van der Waals surface area contributed by atoms with E-state index in [2.05, 4.69) is 0 Å². The predicted molar refractivity (Wildman–Crippen MR) is 59.7 cm³/mol. The molecule has 5 nitrogen and oxygen atoms in total. The van der Waals surface area contributed by atoms with Crippen molar-refractivity contribution in [2.45, 2.75) is 12.5 Å². The molecule has 0 saturated carbocycles. The number of amides is 1. The largest absolute Gasteiger partial charge is 0.496 e. The molecular weight excluding hydrogens is 241 g/mol. The fourth-order valence-corrected chi connectivity index (χ4v) is 2.04. The molecule has 18 heavy (non-hydrogen) atoms. The van der Waals surface area contributed by atoms with Gasteiger partial charge in [0.05, 0.1) is 19.6 Å². The highest BCUT2D eigenvalue weighted by molar-refractivity contribution is 5.87. The van der Waals surface area contributed by atoms with Crippen LogP contribution in [-0.4, -0.2) is 35.5 Å². The molecule has 6 heteroatoms. The Morgan fingerprint density at radius 2 is 2.33 bits per heavy atom. The number of ether oxygens (including phenoxy) is 1. The molecule has 1 atom stereocenters. The topological polar surface area (TPSA) is 66.8 Å². The number of carboxylic acids is 1. The van der Waals surface area contributed by atoms with Crippen molar-refractivity contribution >= 4 is 11.9 Å². The van der Waals surface area contributed by atoms with Gasteiger partial charge in [0.15, 0.2) is 0 Å². The van der Waals surface area contributed by atoms with Crippen LogP contribution in [0.4, 0.5) is 4.39 Å². The summed E-state index contributed by atoms with van der Waals surface area (Å²) in [5.74, 6) is -1.35. The lowest BCUT2D eigenvalue weighted by Gasteiger charge is -2.40. The molecule has 1 unspecified atom stereocenters. The van der Waals surface area contributed by atoms with E-state index in [-0.39, 0.29) is 18.9 Å². The third-order valence-corrected chi connectivity index (χ3v) is 2.92. The summed E-state index contributed by atoms with van der Waals surface area (Å²) in [6.45, 7) is -0.386. The molecule has 0 spiro atoms. The first-order valence-corrected chi connectivity index (χ1v) is 5.37. The summed E-state index contributed by atoms with van der Waals surface area (Å²) in [5, 5.41) is 8.71. The maximum atomic E-state index is 13.2. The quantitative estimate of drug-likeness (QED) is 0.818. The van der Waals surface area contributed by atoms with Crippen molar-refractivity contribution in [1.82, 2.24) is 4.90 Å². The zero-order valence-electron chi connectivity index (χ0n) is 9.72. The van der Waals surface area contributed by atoms with Crippen molar-refractivity contribution in [3.8, 4) is 5.75 Å². The van der Waals surface area contributed by atoms with Crippen LogP contribution in [0.2, 0.25) is 0 Å². The van der Waals surface area contributed by atoms with Crippen LogP contribution in [0, 0.1) is 5.82 Å². The zero-order chi connectivity index (χ0) is 13.3. The van der Waals surface area contributed by atoms with Crippen LogP contribution in [0.1, 0.15) is 18.0 Å². The van der Waals surface area contributed by atoms with Crippen LogP contribution in [-0.2, 0) is 9.59 Å². The van der Waals surface area contributed by atoms with Crippen molar-refractivity contribution in [2.24, 2.45) is 0 Å². The first kappa shape index (κ1) is 12.3. The van der Waals surface area contributed by atoms with Gasteiger partial charge in [-0.05, 0) is 18.2 Å². The van der Waals surface area contributed by atoms with Gasteiger partial charge in [0.25, 0.3) is 0 Å². The van der Waals surface area contributed by atoms with Crippen LogP contribution < -0.4 is 4.74 Å². The number of rotatable bonds is 4. The minimum absolute atomic E-state index is 0.174. The summed E-state index contributed by atoms with van der Waals surface area (Å²) in [4.78, 5) is 23.2. The molecule has 1 fully saturated rings. The smallest absolute Gasteiger partial charge is 0.323 e. The number of aliphatic carboxylic acids is 1. The number of carbonyl (C=O) groups excluding carboxylic acids is 1. The number of hydrogen-bond acceptors (Lipinski definition) is 3. The molecule has 1 N–H and O–H groups in total. The highest BCUT2D eigenvalue weighted by atomic mass is 19.1. The lowest BCUT2D eigenvalue weighted by atomic mass is 9.93. The van der Waals surface area contributed by atoms with Gasteiger partial charge >= 0.3 is 5.97 Å². The molecular formula is C12H12FNO4. The minimum Gasteiger partial charge on any atom is -0.496 e. The average molecular weight is 253 g/mol. The van der Waals surface area contributed by atoms with E-state index < -0.39 is 17.8 Å². The number of methoxy groups -OCH3 is 1. The SMILES string of the molecule is COc1ccc(F)cc1C1CC(=O)N1CC(=O)O. The monoisotopic (exact) mass is 253 g/mol. The molecule has 0 aliphatic carbocycles. The molecule has 0 bridgehead atoms. The Morgan fingerprint density at radius 1 is 1.61 bits per heavy atom.